The van der Waals surface area contributed by atoms with Crippen molar-refractivity contribution in [2.75, 3.05) is 10.6 Å². The third-order valence-electron chi connectivity index (χ3n) is 6.65. The maximum absolute atomic E-state index is 13.8. The molecule has 0 unspecified atom stereocenters. The van der Waals surface area contributed by atoms with Crippen LogP contribution in [0, 0.1) is 11.8 Å². The summed E-state index contributed by atoms with van der Waals surface area (Å²) >= 11 is 0. The van der Waals surface area contributed by atoms with Crippen LogP contribution in [0.25, 0.3) is 11.3 Å². The quantitative estimate of drug-likeness (QED) is 0.156. The van der Waals surface area contributed by atoms with E-state index in [1.807, 2.05) is 13.8 Å². The Labute approximate surface area is 232 Å². The second-order valence-corrected chi connectivity index (χ2v) is 10.4. The molecule has 0 spiro atoms. The fourth-order valence-corrected chi connectivity index (χ4v) is 4.87. The highest BCUT2D eigenvalue weighted by Crippen LogP contribution is 2.39. The summed E-state index contributed by atoms with van der Waals surface area (Å²) in [5.74, 6) is -3.35. The summed E-state index contributed by atoms with van der Waals surface area (Å²) in [6.45, 7) is 3.76. The molecule has 212 valence electrons. The molecule has 0 aliphatic carbocycles. The van der Waals surface area contributed by atoms with Gasteiger partial charge in [-0.2, -0.15) is 4.39 Å². The maximum atomic E-state index is 13.8. The van der Waals surface area contributed by atoms with E-state index in [0.29, 0.717) is 34.6 Å². The van der Waals surface area contributed by atoms with Crippen LogP contribution in [0.5, 0.6) is 0 Å². The van der Waals surface area contributed by atoms with E-state index in [9.17, 15) is 27.2 Å². The summed E-state index contributed by atoms with van der Waals surface area (Å²) in [4.78, 5) is 37.5. The summed E-state index contributed by atoms with van der Waals surface area (Å²) in [5, 5.41) is 8.57. The van der Waals surface area contributed by atoms with Gasteiger partial charge in [-0.15, -0.1) is 0 Å². The first kappa shape index (κ1) is 27.8. The number of rotatable bonds is 8. The molecule has 1 atom stereocenters. The minimum Gasteiger partial charge on any atom is -0.356 e. The molecule has 4 N–H and O–H groups in total. The molecular weight excluding hydrogens is 540 g/mol. The standard InChI is InChI=1S/C29H26F4N6O2/c1-29(2)14-19-24(28(41)39-29)26(37-22-5-3-4-21(33)36-22)25(35-19)16-10-11-34-23(12-16)38-27(40)18(13-20(31)32)15-6-8-17(30)9-7-15/h3-12,18,20,35H,13-14H2,1-2H3,(H,36,37)(H,39,41)(H,34,38,40)/t18-/m1/s1. The van der Waals surface area contributed by atoms with Gasteiger partial charge in [-0.3, -0.25) is 9.59 Å². The number of fused-ring (bicyclic) bond motifs is 1. The molecule has 1 aliphatic rings. The van der Waals surface area contributed by atoms with Gasteiger partial charge >= 0.3 is 0 Å². The molecule has 12 heteroatoms. The highest BCUT2D eigenvalue weighted by molar-refractivity contribution is 6.06. The minimum absolute atomic E-state index is 0.0704. The Balaban J connectivity index is 1.51. The number of halogens is 4. The minimum atomic E-state index is -2.78. The van der Waals surface area contributed by atoms with Crippen LogP contribution in [0.3, 0.4) is 0 Å². The van der Waals surface area contributed by atoms with Gasteiger partial charge in [0.05, 0.1) is 22.9 Å². The molecule has 0 radical (unpaired) electrons. The first-order valence-corrected chi connectivity index (χ1v) is 12.8. The smallest absolute Gasteiger partial charge is 0.255 e. The van der Waals surface area contributed by atoms with E-state index in [1.165, 1.54) is 36.5 Å². The lowest BCUT2D eigenvalue weighted by Crippen LogP contribution is -2.49. The van der Waals surface area contributed by atoms with Gasteiger partial charge in [0.2, 0.25) is 18.3 Å². The van der Waals surface area contributed by atoms with Crippen molar-refractivity contribution >= 4 is 29.1 Å². The lowest BCUT2D eigenvalue weighted by Gasteiger charge is -2.30. The van der Waals surface area contributed by atoms with Crippen LogP contribution in [-0.4, -0.2) is 38.7 Å². The van der Waals surface area contributed by atoms with Crippen molar-refractivity contribution in [2.24, 2.45) is 0 Å². The highest BCUT2D eigenvalue weighted by Gasteiger charge is 2.35. The van der Waals surface area contributed by atoms with Crippen LogP contribution in [0.15, 0.2) is 60.8 Å². The first-order valence-electron chi connectivity index (χ1n) is 12.8. The second kappa shape index (κ2) is 11.0. The number of aromatic nitrogens is 3. The molecular formula is C29H26F4N6O2. The van der Waals surface area contributed by atoms with Gasteiger partial charge in [0, 0.05) is 35.8 Å². The van der Waals surface area contributed by atoms with E-state index in [4.69, 9.17) is 0 Å². The molecule has 0 saturated heterocycles. The van der Waals surface area contributed by atoms with Crippen molar-refractivity contribution in [1.29, 1.82) is 0 Å². The molecule has 41 heavy (non-hydrogen) atoms. The van der Waals surface area contributed by atoms with Crippen LogP contribution in [-0.2, 0) is 11.2 Å². The zero-order valence-corrected chi connectivity index (χ0v) is 22.1. The largest absolute Gasteiger partial charge is 0.356 e. The number of aromatic amines is 1. The lowest BCUT2D eigenvalue weighted by molar-refractivity contribution is -0.118. The Morgan fingerprint density at radius 1 is 1.07 bits per heavy atom. The average molecular weight is 567 g/mol. The molecule has 4 aromatic rings. The number of hydrogen-bond acceptors (Lipinski definition) is 5. The Kier molecular flexibility index (Phi) is 7.48. The summed E-state index contributed by atoms with van der Waals surface area (Å²) < 4.78 is 53.9. The van der Waals surface area contributed by atoms with Crippen molar-refractivity contribution in [3.63, 3.8) is 0 Å². The Morgan fingerprint density at radius 3 is 2.54 bits per heavy atom. The number of benzene rings is 1. The SMILES string of the molecule is CC1(C)Cc2[nH]c(-c3ccnc(NC(=O)[C@H](CC(F)F)c4ccc(F)cc4)c3)c(Nc3cccc(F)n3)c2C(=O)N1. The average Bonchev–Trinajstić information content (AvgIpc) is 3.25. The third-order valence-corrected chi connectivity index (χ3v) is 6.65. The Hall–Kier alpha value is -4.74. The lowest BCUT2D eigenvalue weighted by atomic mass is 9.91. The van der Waals surface area contributed by atoms with E-state index in [-0.39, 0.29) is 23.1 Å². The van der Waals surface area contributed by atoms with E-state index in [0.717, 1.165) is 12.1 Å². The van der Waals surface area contributed by atoms with Gasteiger partial charge in [0.1, 0.15) is 17.5 Å². The molecule has 2 amide bonds. The fourth-order valence-electron chi connectivity index (χ4n) is 4.87. The van der Waals surface area contributed by atoms with E-state index >= 15 is 0 Å². The van der Waals surface area contributed by atoms with Crippen molar-refractivity contribution in [3.05, 3.63) is 89.4 Å². The summed E-state index contributed by atoms with van der Waals surface area (Å²) in [5.41, 5.74) is 1.98. The normalized spacial score (nSPS) is 14.8. The van der Waals surface area contributed by atoms with Crippen LogP contribution in [0.1, 0.15) is 47.8 Å². The predicted octanol–water partition coefficient (Wildman–Crippen LogP) is 5.94. The highest BCUT2D eigenvalue weighted by atomic mass is 19.3. The zero-order valence-electron chi connectivity index (χ0n) is 22.1. The maximum Gasteiger partial charge on any atom is 0.255 e. The van der Waals surface area contributed by atoms with Crippen molar-refractivity contribution in [2.45, 2.75) is 44.6 Å². The monoisotopic (exact) mass is 566 g/mol. The molecule has 3 aromatic heterocycles. The van der Waals surface area contributed by atoms with E-state index in [1.54, 1.807) is 12.1 Å². The van der Waals surface area contributed by atoms with E-state index in [2.05, 4.69) is 30.9 Å². The zero-order chi connectivity index (χ0) is 29.3. The summed E-state index contributed by atoms with van der Waals surface area (Å²) in [6.07, 6.45) is -1.65. The van der Waals surface area contributed by atoms with Crippen molar-refractivity contribution in [1.82, 2.24) is 20.3 Å². The van der Waals surface area contributed by atoms with Crippen LogP contribution in [0.2, 0.25) is 0 Å². The molecule has 5 rings (SSSR count). The van der Waals surface area contributed by atoms with Crippen molar-refractivity contribution < 1.29 is 27.2 Å². The molecule has 4 heterocycles. The fraction of sp³-hybridized carbons (Fsp3) is 0.241. The second-order valence-electron chi connectivity index (χ2n) is 10.4. The first-order chi connectivity index (χ1) is 19.5. The van der Waals surface area contributed by atoms with Gasteiger partial charge in [0.15, 0.2) is 0 Å². The Morgan fingerprint density at radius 2 is 1.83 bits per heavy atom. The van der Waals surface area contributed by atoms with Crippen LogP contribution >= 0.6 is 0 Å². The summed E-state index contributed by atoms with van der Waals surface area (Å²) in [7, 11) is 0. The summed E-state index contributed by atoms with van der Waals surface area (Å²) in [6, 6.07) is 12.2. The number of hydrogen-bond donors (Lipinski definition) is 4. The topological polar surface area (TPSA) is 112 Å². The number of carbonyl (C=O) groups excluding carboxylic acids is 2. The number of pyridine rings is 2. The van der Waals surface area contributed by atoms with Crippen LogP contribution in [0.4, 0.5) is 34.9 Å². The predicted molar refractivity (Wildman–Crippen MR) is 145 cm³/mol. The van der Waals surface area contributed by atoms with Gasteiger partial charge < -0.3 is 20.9 Å². The van der Waals surface area contributed by atoms with Gasteiger partial charge in [0.25, 0.3) is 5.91 Å². The number of carbonyl (C=O) groups is 2. The number of amides is 2. The molecule has 0 bridgehead atoms. The molecule has 8 nitrogen and oxygen atoms in total. The molecule has 1 aliphatic heterocycles. The van der Waals surface area contributed by atoms with E-state index < -0.39 is 42.0 Å². The number of H-pyrrole nitrogens is 1. The van der Waals surface area contributed by atoms with Crippen molar-refractivity contribution in [3.8, 4) is 11.3 Å². The number of nitrogens with zero attached hydrogens (tertiary/aromatic N) is 2. The van der Waals surface area contributed by atoms with Crippen LogP contribution < -0.4 is 16.0 Å². The third kappa shape index (κ3) is 6.21. The molecule has 1 aromatic carbocycles. The molecule has 0 saturated carbocycles. The molecule has 0 fully saturated rings. The Bertz CT molecular complexity index is 1600. The number of alkyl halides is 2. The van der Waals surface area contributed by atoms with Gasteiger partial charge in [-0.05, 0) is 55.8 Å². The number of nitrogens with one attached hydrogen (secondary N) is 4. The van der Waals surface area contributed by atoms with Gasteiger partial charge in [-0.25, -0.2) is 23.1 Å². The van der Waals surface area contributed by atoms with Gasteiger partial charge in [-0.1, -0.05) is 18.2 Å². The number of anilines is 3.